The molecule has 10 aromatic rings. The molecule has 14 rings (SSSR count). The van der Waals surface area contributed by atoms with Gasteiger partial charge in [0.2, 0.25) is 0 Å². The third kappa shape index (κ3) is 6.03. The van der Waals surface area contributed by atoms with E-state index in [0.717, 1.165) is 6.42 Å². The second-order valence-corrected chi connectivity index (χ2v) is 26.3. The molecule has 5 heterocycles. The molecule has 6 heteroatoms. The molecular formula is C66H62BN3S2. The van der Waals surface area contributed by atoms with Crippen LogP contribution in [0.2, 0.25) is 0 Å². The molecule has 2 atom stereocenters. The maximum absolute atomic E-state index is 2.85. The second-order valence-electron chi connectivity index (χ2n) is 24.2. The van der Waals surface area contributed by atoms with Crippen LogP contribution in [0.25, 0.3) is 40.3 Å². The quantitative estimate of drug-likeness (QED) is 0.163. The smallest absolute Gasteiger partial charge is 0.252 e. The minimum Gasteiger partial charge on any atom is -0.334 e. The molecule has 2 aromatic heterocycles. The average molecular weight is 972 g/mol. The van der Waals surface area contributed by atoms with Gasteiger partial charge in [0, 0.05) is 70.5 Å². The van der Waals surface area contributed by atoms with Gasteiger partial charge in [-0.2, -0.15) is 0 Å². The Hall–Kier alpha value is -6.34. The fourth-order valence-electron chi connectivity index (χ4n) is 14.1. The van der Waals surface area contributed by atoms with Crippen LogP contribution >= 0.6 is 22.7 Å². The van der Waals surface area contributed by atoms with E-state index >= 15 is 0 Å². The molecule has 0 N–H and O–H groups in total. The molecule has 3 aliphatic heterocycles. The first-order chi connectivity index (χ1) is 34.5. The average Bonchev–Trinajstić information content (AvgIpc) is 3.99. The van der Waals surface area contributed by atoms with Crippen molar-refractivity contribution in [1.29, 1.82) is 0 Å². The molecule has 1 saturated carbocycles. The summed E-state index contributed by atoms with van der Waals surface area (Å²) in [7, 11) is 0. The summed E-state index contributed by atoms with van der Waals surface area (Å²) >= 11 is 3.87. The molecule has 1 fully saturated rings. The zero-order valence-corrected chi connectivity index (χ0v) is 45.1. The summed E-state index contributed by atoms with van der Waals surface area (Å²) in [4.78, 5) is 8.29. The second kappa shape index (κ2) is 15.1. The van der Waals surface area contributed by atoms with E-state index in [1.54, 1.807) is 5.56 Å². The summed E-state index contributed by atoms with van der Waals surface area (Å²) in [5, 5.41) is 5.28. The summed E-state index contributed by atoms with van der Waals surface area (Å²) in [5.74, 6) is 0. The van der Waals surface area contributed by atoms with Crippen LogP contribution < -0.4 is 31.1 Å². The fraction of sp³-hybridized carbons (Fsp3) is 0.273. The highest BCUT2D eigenvalue weighted by molar-refractivity contribution is 7.27. The van der Waals surface area contributed by atoms with E-state index in [1.807, 2.05) is 22.7 Å². The van der Waals surface area contributed by atoms with E-state index in [2.05, 4.69) is 230 Å². The van der Waals surface area contributed by atoms with Crippen LogP contribution in [0.4, 0.5) is 45.5 Å². The zero-order valence-electron chi connectivity index (χ0n) is 43.4. The number of rotatable bonds is 3. The minimum atomic E-state index is -0.142. The lowest BCUT2D eigenvalue weighted by atomic mass is 9.33. The monoisotopic (exact) mass is 971 g/mol. The van der Waals surface area contributed by atoms with Gasteiger partial charge in [-0.15, -0.1) is 22.7 Å². The predicted molar refractivity (Wildman–Crippen MR) is 316 cm³/mol. The van der Waals surface area contributed by atoms with E-state index in [9.17, 15) is 0 Å². The summed E-state index contributed by atoms with van der Waals surface area (Å²) in [6.07, 6.45) is 4.80. The van der Waals surface area contributed by atoms with E-state index in [0.29, 0.717) is 0 Å². The molecule has 72 heavy (non-hydrogen) atoms. The van der Waals surface area contributed by atoms with Gasteiger partial charge in [0.15, 0.2) is 0 Å². The van der Waals surface area contributed by atoms with Crippen LogP contribution in [0.5, 0.6) is 0 Å². The predicted octanol–water partition coefficient (Wildman–Crippen LogP) is 17.5. The summed E-state index contributed by atoms with van der Waals surface area (Å²) in [6, 6.07) is 57.3. The first-order valence-electron chi connectivity index (χ1n) is 26.3. The van der Waals surface area contributed by atoms with Gasteiger partial charge in [-0.05, 0) is 143 Å². The van der Waals surface area contributed by atoms with Crippen molar-refractivity contribution < 1.29 is 0 Å². The molecule has 0 amide bonds. The Kier molecular flexibility index (Phi) is 9.32. The van der Waals surface area contributed by atoms with Crippen LogP contribution in [0.1, 0.15) is 109 Å². The lowest BCUT2D eigenvalue weighted by Crippen LogP contribution is -2.61. The Labute approximate surface area is 433 Å². The lowest BCUT2D eigenvalue weighted by molar-refractivity contribution is 0.194. The maximum Gasteiger partial charge on any atom is 0.252 e. The van der Waals surface area contributed by atoms with Crippen molar-refractivity contribution in [2.45, 2.75) is 117 Å². The van der Waals surface area contributed by atoms with Crippen molar-refractivity contribution in [3.63, 3.8) is 0 Å². The van der Waals surface area contributed by atoms with Crippen molar-refractivity contribution in [2.75, 3.05) is 14.7 Å². The zero-order chi connectivity index (χ0) is 49.4. The number of aryl methyl sites for hydroxylation is 2. The van der Waals surface area contributed by atoms with Gasteiger partial charge in [-0.3, -0.25) is 0 Å². The number of hydrogen-bond acceptors (Lipinski definition) is 5. The topological polar surface area (TPSA) is 9.72 Å². The highest BCUT2D eigenvalue weighted by atomic mass is 32.1. The number of nitrogens with zero attached hydrogens (tertiary/aromatic N) is 3. The SMILES string of the molecule is Cc1cc(C)c2c(c1)N(c1cc3c4c(c1)N(c1cccc5c1sc1ccccc15)c1cc(C(C)(C)C)ccc1B4c1ccc(C(C)(C)C)cc1N3c1cccc3c1sc1ccccc13)C1(C)CCCCC21C. The van der Waals surface area contributed by atoms with Gasteiger partial charge in [0.1, 0.15) is 0 Å². The number of thiophene rings is 2. The Balaban J connectivity index is 1.16. The van der Waals surface area contributed by atoms with Gasteiger partial charge in [-0.1, -0.05) is 152 Å². The van der Waals surface area contributed by atoms with Crippen LogP contribution in [0.15, 0.2) is 146 Å². The van der Waals surface area contributed by atoms with Gasteiger partial charge in [0.05, 0.1) is 26.3 Å². The van der Waals surface area contributed by atoms with Crippen molar-refractivity contribution in [1.82, 2.24) is 0 Å². The molecule has 2 unspecified atom stereocenters. The normalized spacial score (nSPS) is 19.3. The molecule has 0 saturated heterocycles. The van der Waals surface area contributed by atoms with E-state index in [1.165, 1.54) is 144 Å². The highest BCUT2D eigenvalue weighted by Crippen LogP contribution is 2.63. The summed E-state index contributed by atoms with van der Waals surface area (Å²) in [5.41, 5.74) is 21.0. The van der Waals surface area contributed by atoms with Crippen molar-refractivity contribution in [3.8, 4) is 0 Å². The molecule has 0 spiro atoms. The van der Waals surface area contributed by atoms with Crippen LogP contribution in [-0.2, 0) is 16.2 Å². The number of benzene rings is 8. The van der Waals surface area contributed by atoms with Crippen LogP contribution in [0, 0.1) is 13.8 Å². The maximum atomic E-state index is 2.85. The number of anilines is 8. The standard InChI is InChI=1S/C66H62BN3S2/c1-39-33-40(2)59-54(34-39)70(66(10)32-16-15-31-65(59,66)9)43-37-55-60-56(38-43)69(51-24-18-22-47-45-20-12-14-26-58(45)72-62(47)51)53-36-42(64(6,7)8)28-30-49(53)67(60)48-29-27-41(63(3,4)5)35-52(48)68(55)50-23-17-21-46-44-19-11-13-25-57(44)71-61(46)50/h11-14,17-30,33-38H,15-16,31-32H2,1-10H3. The molecule has 8 aromatic carbocycles. The van der Waals surface area contributed by atoms with Crippen LogP contribution in [0.3, 0.4) is 0 Å². The largest absolute Gasteiger partial charge is 0.334 e. The first-order valence-corrected chi connectivity index (χ1v) is 28.0. The van der Waals surface area contributed by atoms with E-state index < -0.39 is 0 Å². The van der Waals surface area contributed by atoms with Crippen molar-refractivity contribution >= 4 is 132 Å². The molecule has 4 aliphatic rings. The van der Waals surface area contributed by atoms with E-state index in [-0.39, 0.29) is 28.5 Å². The Morgan fingerprint density at radius 2 is 0.986 bits per heavy atom. The molecule has 3 nitrogen and oxygen atoms in total. The van der Waals surface area contributed by atoms with Gasteiger partial charge >= 0.3 is 0 Å². The number of fused-ring (bicyclic) bond motifs is 13. The molecule has 0 bridgehead atoms. The molecule has 356 valence electrons. The fourth-order valence-corrected chi connectivity index (χ4v) is 16.6. The van der Waals surface area contributed by atoms with Crippen molar-refractivity contribution in [2.24, 2.45) is 0 Å². The van der Waals surface area contributed by atoms with Gasteiger partial charge in [0.25, 0.3) is 6.71 Å². The van der Waals surface area contributed by atoms with E-state index in [4.69, 9.17) is 0 Å². The number of hydrogen-bond donors (Lipinski definition) is 0. The Bertz CT molecular complexity index is 3750. The molecular weight excluding hydrogens is 910 g/mol. The van der Waals surface area contributed by atoms with Gasteiger partial charge < -0.3 is 14.7 Å². The minimum absolute atomic E-state index is 0.00121. The third-order valence-corrected chi connectivity index (χ3v) is 20.2. The Morgan fingerprint density at radius 1 is 0.486 bits per heavy atom. The molecule has 1 aliphatic carbocycles. The summed E-state index contributed by atoms with van der Waals surface area (Å²) < 4.78 is 5.30. The third-order valence-electron chi connectivity index (χ3n) is 17.8. The first kappa shape index (κ1) is 44.4. The Morgan fingerprint density at radius 3 is 1.51 bits per heavy atom. The highest BCUT2D eigenvalue weighted by Gasteiger charge is 2.59. The summed E-state index contributed by atoms with van der Waals surface area (Å²) in [6.45, 7) is 24.1. The van der Waals surface area contributed by atoms with Crippen LogP contribution in [-0.4, -0.2) is 12.3 Å². The molecule has 0 radical (unpaired) electrons. The lowest BCUT2D eigenvalue weighted by Gasteiger charge is -2.51. The van der Waals surface area contributed by atoms with Crippen molar-refractivity contribution in [3.05, 3.63) is 173 Å². The van der Waals surface area contributed by atoms with Gasteiger partial charge in [-0.25, -0.2) is 0 Å².